The molecular weight excluding hydrogens is 349 g/mol. The topological polar surface area (TPSA) is 56.0 Å². The number of aromatic nitrogens is 4. The van der Waals surface area contributed by atoms with Gasteiger partial charge >= 0.3 is 0 Å². The molecule has 1 amide bonds. The van der Waals surface area contributed by atoms with Crippen molar-refractivity contribution >= 4 is 29.1 Å². The molecule has 1 aliphatic rings. The SMILES string of the molecule is O=C(c1cn(-c2ccc(Cl)c(Cl)c2)cn1)N1CCn2cncc2C1. The molecule has 3 heterocycles. The van der Waals surface area contributed by atoms with Gasteiger partial charge < -0.3 is 14.0 Å². The molecule has 4 rings (SSSR count). The fourth-order valence-electron chi connectivity index (χ4n) is 2.74. The molecule has 1 aliphatic heterocycles. The van der Waals surface area contributed by atoms with Gasteiger partial charge in [-0.25, -0.2) is 9.97 Å². The second-order valence-electron chi connectivity index (χ2n) is 5.57. The molecular formula is C16H13Cl2N5O. The van der Waals surface area contributed by atoms with Crippen LogP contribution in [0, 0.1) is 0 Å². The number of rotatable bonds is 2. The Hall–Kier alpha value is -2.31. The van der Waals surface area contributed by atoms with Crippen LogP contribution in [0.15, 0.2) is 43.2 Å². The van der Waals surface area contributed by atoms with Crippen LogP contribution in [0.4, 0.5) is 0 Å². The van der Waals surface area contributed by atoms with Crippen LogP contribution in [-0.2, 0) is 13.1 Å². The molecule has 0 saturated heterocycles. The third-order valence-corrected chi connectivity index (χ3v) is 4.79. The Balaban J connectivity index is 1.56. The van der Waals surface area contributed by atoms with Gasteiger partial charge in [-0.2, -0.15) is 0 Å². The van der Waals surface area contributed by atoms with E-state index >= 15 is 0 Å². The lowest BCUT2D eigenvalue weighted by Gasteiger charge is -2.27. The molecule has 0 N–H and O–H groups in total. The second kappa shape index (κ2) is 5.96. The Kier molecular flexibility index (Phi) is 3.78. The van der Waals surface area contributed by atoms with Gasteiger partial charge in [-0.15, -0.1) is 0 Å². The predicted octanol–water partition coefficient (Wildman–Crippen LogP) is 3.03. The Morgan fingerprint density at radius 2 is 2.00 bits per heavy atom. The standard InChI is InChI=1S/C16H13Cl2N5O/c17-13-2-1-11(5-14(13)18)23-8-15(20-10-23)16(24)21-3-4-22-9-19-6-12(22)7-21/h1-2,5-6,8-10H,3-4,7H2. The van der Waals surface area contributed by atoms with Gasteiger partial charge in [-0.05, 0) is 18.2 Å². The third-order valence-electron chi connectivity index (χ3n) is 4.05. The van der Waals surface area contributed by atoms with E-state index in [1.807, 2.05) is 6.07 Å². The number of carbonyl (C=O) groups excluding carboxylic acids is 1. The van der Waals surface area contributed by atoms with Gasteiger partial charge in [0.25, 0.3) is 5.91 Å². The summed E-state index contributed by atoms with van der Waals surface area (Å²) in [6.07, 6.45) is 6.87. The molecule has 0 bridgehead atoms. The summed E-state index contributed by atoms with van der Waals surface area (Å²) in [5, 5.41) is 0.946. The van der Waals surface area contributed by atoms with E-state index in [1.54, 1.807) is 46.6 Å². The smallest absolute Gasteiger partial charge is 0.274 e. The number of nitrogens with zero attached hydrogens (tertiary/aromatic N) is 5. The molecule has 24 heavy (non-hydrogen) atoms. The van der Waals surface area contributed by atoms with Gasteiger partial charge in [-0.3, -0.25) is 4.79 Å². The summed E-state index contributed by atoms with van der Waals surface area (Å²) in [6.45, 7) is 1.93. The second-order valence-corrected chi connectivity index (χ2v) is 6.38. The van der Waals surface area contributed by atoms with Crippen molar-refractivity contribution in [2.24, 2.45) is 0 Å². The summed E-state index contributed by atoms with van der Waals surface area (Å²) in [4.78, 5) is 22.8. The molecule has 0 aliphatic carbocycles. The van der Waals surface area contributed by atoms with Crippen LogP contribution in [0.1, 0.15) is 16.2 Å². The van der Waals surface area contributed by atoms with E-state index in [9.17, 15) is 4.79 Å². The first kappa shape index (κ1) is 15.2. The Morgan fingerprint density at radius 3 is 2.83 bits per heavy atom. The monoisotopic (exact) mass is 361 g/mol. The minimum atomic E-state index is -0.0961. The molecule has 0 radical (unpaired) electrons. The maximum atomic E-state index is 12.7. The molecule has 6 nitrogen and oxygen atoms in total. The Morgan fingerprint density at radius 1 is 1.12 bits per heavy atom. The van der Waals surface area contributed by atoms with Crippen molar-refractivity contribution in [3.8, 4) is 5.69 Å². The van der Waals surface area contributed by atoms with Gasteiger partial charge in [0.1, 0.15) is 12.0 Å². The quantitative estimate of drug-likeness (QED) is 0.704. The first-order valence-electron chi connectivity index (χ1n) is 7.39. The largest absolute Gasteiger partial charge is 0.331 e. The molecule has 0 fully saturated rings. The molecule has 2 aromatic heterocycles. The van der Waals surface area contributed by atoms with Crippen LogP contribution in [0.5, 0.6) is 0 Å². The van der Waals surface area contributed by atoms with E-state index in [4.69, 9.17) is 23.2 Å². The highest BCUT2D eigenvalue weighted by molar-refractivity contribution is 6.42. The zero-order valence-corrected chi connectivity index (χ0v) is 14.1. The van der Waals surface area contributed by atoms with Crippen molar-refractivity contribution in [2.45, 2.75) is 13.1 Å². The molecule has 0 spiro atoms. The average molecular weight is 362 g/mol. The lowest BCUT2D eigenvalue weighted by atomic mass is 10.3. The summed E-state index contributed by atoms with van der Waals surface area (Å²) < 4.78 is 3.81. The van der Waals surface area contributed by atoms with Crippen molar-refractivity contribution in [1.29, 1.82) is 0 Å². The van der Waals surface area contributed by atoms with Gasteiger partial charge in [-0.1, -0.05) is 23.2 Å². The average Bonchev–Trinajstić information content (AvgIpc) is 3.25. The van der Waals surface area contributed by atoms with Gasteiger partial charge in [0.15, 0.2) is 0 Å². The van der Waals surface area contributed by atoms with Crippen LogP contribution in [0.3, 0.4) is 0 Å². The van der Waals surface area contributed by atoms with E-state index in [1.165, 1.54) is 0 Å². The van der Waals surface area contributed by atoms with E-state index in [0.717, 1.165) is 17.9 Å². The fourth-order valence-corrected chi connectivity index (χ4v) is 3.03. The first-order chi connectivity index (χ1) is 11.6. The van der Waals surface area contributed by atoms with Crippen LogP contribution in [-0.4, -0.2) is 36.5 Å². The summed E-state index contributed by atoms with van der Waals surface area (Å²) >= 11 is 12.0. The maximum Gasteiger partial charge on any atom is 0.274 e. The molecule has 122 valence electrons. The number of benzene rings is 1. The van der Waals surface area contributed by atoms with Crippen LogP contribution in [0.2, 0.25) is 10.0 Å². The molecule has 0 saturated carbocycles. The van der Waals surface area contributed by atoms with Crippen molar-refractivity contribution in [3.05, 3.63) is 64.7 Å². The fraction of sp³-hybridized carbons (Fsp3) is 0.188. The predicted molar refractivity (Wildman–Crippen MR) is 90.6 cm³/mol. The van der Waals surface area contributed by atoms with Crippen LogP contribution < -0.4 is 0 Å². The zero-order chi connectivity index (χ0) is 16.7. The highest BCUT2D eigenvalue weighted by Gasteiger charge is 2.23. The minimum Gasteiger partial charge on any atom is -0.331 e. The van der Waals surface area contributed by atoms with E-state index in [2.05, 4.69) is 14.5 Å². The molecule has 1 aromatic carbocycles. The number of fused-ring (bicyclic) bond motifs is 1. The highest BCUT2D eigenvalue weighted by Crippen LogP contribution is 2.24. The molecule has 3 aromatic rings. The van der Waals surface area contributed by atoms with Crippen molar-refractivity contribution in [2.75, 3.05) is 6.54 Å². The Bertz CT molecular complexity index is 917. The van der Waals surface area contributed by atoms with E-state index in [0.29, 0.717) is 28.8 Å². The Labute approximate surface area is 148 Å². The van der Waals surface area contributed by atoms with Crippen molar-refractivity contribution in [1.82, 2.24) is 24.0 Å². The van der Waals surface area contributed by atoms with Gasteiger partial charge in [0.05, 0.1) is 28.6 Å². The summed E-state index contributed by atoms with van der Waals surface area (Å²) in [5.74, 6) is -0.0961. The number of imidazole rings is 2. The van der Waals surface area contributed by atoms with Crippen LogP contribution >= 0.6 is 23.2 Å². The van der Waals surface area contributed by atoms with E-state index in [-0.39, 0.29) is 5.91 Å². The summed E-state index contributed by atoms with van der Waals surface area (Å²) in [6, 6.07) is 5.27. The first-order valence-corrected chi connectivity index (χ1v) is 8.15. The molecule has 0 atom stereocenters. The normalized spacial score (nSPS) is 13.8. The summed E-state index contributed by atoms with van der Waals surface area (Å²) in [7, 11) is 0. The molecule has 0 unspecified atom stereocenters. The van der Waals surface area contributed by atoms with Gasteiger partial charge in [0.2, 0.25) is 0 Å². The lowest BCUT2D eigenvalue weighted by molar-refractivity contribution is 0.0705. The zero-order valence-electron chi connectivity index (χ0n) is 12.6. The number of hydrogen-bond acceptors (Lipinski definition) is 3. The number of hydrogen-bond donors (Lipinski definition) is 0. The van der Waals surface area contributed by atoms with Crippen molar-refractivity contribution < 1.29 is 4.79 Å². The number of amides is 1. The summed E-state index contributed by atoms with van der Waals surface area (Å²) in [5.41, 5.74) is 2.22. The maximum absolute atomic E-state index is 12.7. The van der Waals surface area contributed by atoms with Crippen LogP contribution in [0.25, 0.3) is 5.69 Å². The minimum absolute atomic E-state index is 0.0961. The third kappa shape index (κ3) is 2.68. The van der Waals surface area contributed by atoms with Crippen molar-refractivity contribution in [3.63, 3.8) is 0 Å². The molecule has 8 heteroatoms. The number of carbonyl (C=O) groups is 1. The van der Waals surface area contributed by atoms with E-state index < -0.39 is 0 Å². The lowest BCUT2D eigenvalue weighted by Crippen LogP contribution is -2.38. The van der Waals surface area contributed by atoms with Gasteiger partial charge in [0, 0.05) is 31.2 Å². The number of halogens is 2. The highest BCUT2D eigenvalue weighted by atomic mass is 35.5.